The van der Waals surface area contributed by atoms with E-state index in [0.29, 0.717) is 35.3 Å². The Balaban J connectivity index is 1.85. The molecule has 0 bridgehead atoms. The van der Waals surface area contributed by atoms with Crippen molar-refractivity contribution in [3.8, 4) is 22.9 Å². The number of carbonyl (C=O) groups is 1. The third kappa shape index (κ3) is 4.45. The van der Waals surface area contributed by atoms with E-state index in [4.69, 9.17) is 14.0 Å². The minimum Gasteiger partial charge on any atom is -0.493 e. The fraction of sp³-hybridized carbons (Fsp3) is 0.227. The maximum absolute atomic E-state index is 13.2. The Hall–Kier alpha value is -3.61. The topological polar surface area (TPSA) is 77.7 Å². The van der Waals surface area contributed by atoms with Gasteiger partial charge in [-0.15, -0.1) is 6.58 Å². The molecule has 1 amide bonds. The summed E-state index contributed by atoms with van der Waals surface area (Å²) >= 11 is 0. The Morgan fingerprint density at radius 3 is 2.59 bits per heavy atom. The number of benzene rings is 2. The van der Waals surface area contributed by atoms with Crippen LogP contribution in [0.4, 0.5) is 0 Å². The van der Waals surface area contributed by atoms with E-state index in [1.54, 1.807) is 29.2 Å². The minimum atomic E-state index is -0.254. The average molecular weight is 393 g/mol. The number of rotatable bonds is 8. The standard InChI is InChI=1S/C22H23N3O4/c1-5-13-25(22(26)17-7-6-8-18(27-3)20(17)28-4)14-19-23-21(24-29-19)16-11-9-15(2)10-12-16/h5-12H,1,13-14H2,2-4H3. The zero-order valence-electron chi connectivity index (χ0n) is 16.7. The van der Waals surface area contributed by atoms with E-state index in [-0.39, 0.29) is 12.5 Å². The molecule has 0 N–H and O–H groups in total. The van der Waals surface area contributed by atoms with Crippen molar-refractivity contribution in [1.29, 1.82) is 0 Å². The molecule has 7 heteroatoms. The van der Waals surface area contributed by atoms with Crippen molar-refractivity contribution in [2.24, 2.45) is 0 Å². The maximum Gasteiger partial charge on any atom is 0.258 e. The number of amides is 1. The smallest absolute Gasteiger partial charge is 0.258 e. The van der Waals surface area contributed by atoms with Gasteiger partial charge in [-0.2, -0.15) is 4.98 Å². The summed E-state index contributed by atoms with van der Waals surface area (Å²) in [7, 11) is 3.02. The number of carbonyl (C=O) groups excluding carboxylic acids is 1. The van der Waals surface area contributed by atoms with Crippen molar-refractivity contribution in [2.75, 3.05) is 20.8 Å². The molecule has 0 spiro atoms. The van der Waals surface area contributed by atoms with E-state index >= 15 is 0 Å². The summed E-state index contributed by atoms with van der Waals surface area (Å²) in [5, 5.41) is 4.03. The van der Waals surface area contributed by atoms with E-state index in [0.717, 1.165) is 11.1 Å². The molecule has 1 aromatic heterocycles. The second kappa shape index (κ2) is 9.05. The van der Waals surface area contributed by atoms with E-state index in [1.807, 2.05) is 31.2 Å². The number of para-hydroxylation sites is 1. The van der Waals surface area contributed by atoms with Crippen molar-refractivity contribution in [2.45, 2.75) is 13.5 Å². The van der Waals surface area contributed by atoms with E-state index < -0.39 is 0 Å². The molecule has 0 radical (unpaired) electrons. The van der Waals surface area contributed by atoms with Gasteiger partial charge in [0.25, 0.3) is 5.91 Å². The summed E-state index contributed by atoms with van der Waals surface area (Å²) < 4.78 is 16.0. The van der Waals surface area contributed by atoms with Crippen LogP contribution < -0.4 is 9.47 Å². The van der Waals surface area contributed by atoms with Crippen molar-refractivity contribution in [3.05, 3.63) is 72.1 Å². The van der Waals surface area contributed by atoms with Crippen LogP contribution in [0.25, 0.3) is 11.4 Å². The zero-order chi connectivity index (χ0) is 20.8. The molecule has 0 aliphatic heterocycles. The molecule has 3 rings (SSSR count). The predicted molar refractivity (Wildman–Crippen MR) is 109 cm³/mol. The van der Waals surface area contributed by atoms with Gasteiger partial charge < -0.3 is 18.9 Å². The van der Waals surface area contributed by atoms with Crippen molar-refractivity contribution >= 4 is 5.91 Å². The van der Waals surface area contributed by atoms with Crippen LogP contribution in [0.3, 0.4) is 0 Å². The lowest BCUT2D eigenvalue weighted by molar-refractivity contribution is 0.0741. The lowest BCUT2D eigenvalue weighted by atomic mass is 10.1. The maximum atomic E-state index is 13.2. The highest BCUT2D eigenvalue weighted by atomic mass is 16.5. The lowest BCUT2D eigenvalue weighted by Gasteiger charge is -2.21. The van der Waals surface area contributed by atoms with Crippen LogP contribution in [-0.2, 0) is 6.54 Å². The van der Waals surface area contributed by atoms with E-state index in [2.05, 4.69) is 16.7 Å². The van der Waals surface area contributed by atoms with Gasteiger partial charge in [0.1, 0.15) is 6.54 Å². The fourth-order valence-corrected chi connectivity index (χ4v) is 2.90. The number of ether oxygens (including phenoxy) is 2. The summed E-state index contributed by atoms with van der Waals surface area (Å²) in [6.07, 6.45) is 1.64. The quantitative estimate of drug-likeness (QED) is 0.540. The highest BCUT2D eigenvalue weighted by Crippen LogP contribution is 2.31. The Morgan fingerprint density at radius 2 is 1.93 bits per heavy atom. The third-order valence-corrected chi connectivity index (χ3v) is 4.37. The van der Waals surface area contributed by atoms with Crippen LogP contribution in [0, 0.1) is 6.92 Å². The number of hydrogen-bond donors (Lipinski definition) is 0. The molecule has 0 fully saturated rings. The van der Waals surface area contributed by atoms with Crippen LogP contribution in [0.2, 0.25) is 0 Å². The summed E-state index contributed by atoms with van der Waals surface area (Å²) in [5.41, 5.74) is 2.38. The van der Waals surface area contributed by atoms with Gasteiger partial charge in [-0.25, -0.2) is 0 Å². The number of methoxy groups -OCH3 is 2. The monoisotopic (exact) mass is 393 g/mol. The third-order valence-electron chi connectivity index (χ3n) is 4.37. The number of aryl methyl sites for hydroxylation is 1. The van der Waals surface area contributed by atoms with E-state index in [9.17, 15) is 4.79 Å². The van der Waals surface area contributed by atoms with Gasteiger partial charge in [0.15, 0.2) is 11.5 Å². The molecule has 0 saturated heterocycles. The van der Waals surface area contributed by atoms with Gasteiger partial charge in [0.05, 0.1) is 19.8 Å². The second-order valence-corrected chi connectivity index (χ2v) is 6.39. The van der Waals surface area contributed by atoms with Crippen LogP contribution >= 0.6 is 0 Å². The Kier molecular flexibility index (Phi) is 6.29. The van der Waals surface area contributed by atoms with Gasteiger partial charge in [0.2, 0.25) is 11.7 Å². The van der Waals surface area contributed by atoms with Crippen molar-refractivity contribution in [3.63, 3.8) is 0 Å². The van der Waals surface area contributed by atoms with E-state index in [1.165, 1.54) is 14.2 Å². The van der Waals surface area contributed by atoms with Gasteiger partial charge in [-0.1, -0.05) is 47.1 Å². The summed E-state index contributed by atoms with van der Waals surface area (Å²) in [6.45, 7) is 6.20. The first kappa shape index (κ1) is 20.1. The largest absolute Gasteiger partial charge is 0.493 e. The van der Waals surface area contributed by atoms with Gasteiger partial charge in [-0.05, 0) is 19.1 Å². The first-order valence-electron chi connectivity index (χ1n) is 9.08. The molecule has 0 saturated carbocycles. The average Bonchev–Trinajstić information content (AvgIpc) is 3.21. The highest BCUT2D eigenvalue weighted by molar-refractivity contribution is 5.97. The number of hydrogen-bond acceptors (Lipinski definition) is 6. The number of aromatic nitrogens is 2. The summed E-state index contributed by atoms with van der Waals surface area (Å²) in [4.78, 5) is 19.1. The fourth-order valence-electron chi connectivity index (χ4n) is 2.90. The Bertz CT molecular complexity index is 996. The number of nitrogens with zero attached hydrogens (tertiary/aromatic N) is 3. The molecule has 7 nitrogen and oxygen atoms in total. The van der Waals surface area contributed by atoms with Crippen LogP contribution in [-0.4, -0.2) is 41.7 Å². The highest BCUT2D eigenvalue weighted by Gasteiger charge is 2.23. The molecule has 150 valence electrons. The Labute approximate surface area is 169 Å². The van der Waals surface area contributed by atoms with Gasteiger partial charge in [-0.3, -0.25) is 4.79 Å². The molecule has 0 atom stereocenters. The van der Waals surface area contributed by atoms with Crippen molar-refractivity contribution < 1.29 is 18.8 Å². The second-order valence-electron chi connectivity index (χ2n) is 6.39. The molecule has 1 heterocycles. The molecule has 29 heavy (non-hydrogen) atoms. The molecule has 0 aliphatic rings. The minimum absolute atomic E-state index is 0.143. The Morgan fingerprint density at radius 1 is 1.17 bits per heavy atom. The SMILES string of the molecule is C=CCN(Cc1nc(-c2ccc(C)cc2)no1)C(=O)c1cccc(OC)c1OC. The van der Waals surface area contributed by atoms with Crippen LogP contribution in [0.15, 0.2) is 59.6 Å². The van der Waals surface area contributed by atoms with Crippen molar-refractivity contribution in [1.82, 2.24) is 15.0 Å². The molecule has 2 aromatic carbocycles. The van der Waals surface area contributed by atoms with Crippen LogP contribution in [0.1, 0.15) is 21.8 Å². The van der Waals surface area contributed by atoms with Gasteiger partial charge >= 0.3 is 0 Å². The lowest BCUT2D eigenvalue weighted by Crippen LogP contribution is -2.31. The molecule has 0 unspecified atom stereocenters. The van der Waals surface area contributed by atoms with Gasteiger partial charge in [0, 0.05) is 12.1 Å². The summed E-state index contributed by atoms with van der Waals surface area (Å²) in [5.74, 6) is 1.41. The first-order valence-corrected chi connectivity index (χ1v) is 9.08. The normalized spacial score (nSPS) is 10.4. The molecule has 0 aliphatic carbocycles. The zero-order valence-corrected chi connectivity index (χ0v) is 16.7. The first-order chi connectivity index (χ1) is 14.1. The molecular formula is C22H23N3O4. The molecule has 3 aromatic rings. The summed E-state index contributed by atoms with van der Waals surface area (Å²) in [6, 6.07) is 13.0. The predicted octanol–water partition coefficient (Wildman–Crippen LogP) is 3.89. The molecular weight excluding hydrogens is 370 g/mol. The van der Waals surface area contributed by atoms with Crippen LogP contribution in [0.5, 0.6) is 11.5 Å².